The molecule has 1 aromatic rings. The molecule has 0 radical (unpaired) electrons. The van der Waals surface area contributed by atoms with Crippen LogP contribution in [0.15, 0.2) is 30.3 Å². The SMILES string of the molecule is CCOP(=O)(C[C@H]1O[C@H](CC)[C@@H](C)[C@H](OCc2ccccc2)C1=O)OCC. The quantitative estimate of drug-likeness (QED) is 0.550. The molecule has 1 heterocycles. The molecule has 0 saturated carbocycles. The molecule has 1 fully saturated rings. The normalized spacial score (nSPS) is 26.3. The van der Waals surface area contributed by atoms with Crippen molar-refractivity contribution in [1.82, 2.24) is 0 Å². The number of benzene rings is 1. The Morgan fingerprint density at radius 2 is 1.70 bits per heavy atom. The van der Waals surface area contributed by atoms with Gasteiger partial charge in [0.15, 0.2) is 5.78 Å². The first kappa shape index (κ1) is 22.3. The van der Waals surface area contributed by atoms with Crippen molar-refractivity contribution in [3.8, 4) is 0 Å². The van der Waals surface area contributed by atoms with E-state index in [9.17, 15) is 9.36 Å². The highest BCUT2D eigenvalue weighted by Gasteiger charge is 2.45. The molecule has 0 bridgehead atoms. The molecular formula is C20H31O6P. The van der Waals surface area contributed by atoms with Crippen molar-refractivity contribution in [3.63, 3.8) is 0 Å². The summed E-state index contributed by atoms with van der Waals surface area (Å²) in [6, 6.07) is 9.73. The number of rotatable bonds is 10. The van der Waals surface area contributed by atoms with Gasteiger partial charge in [0.05, 0.1) is 32.1 Å². The third kappa shape index (κ3) is 5.97. The number of hydrogen-bond acceptors (Lipinski definition) is 6. The van der Waals surface area contributed by atoms with Crippen LogP contribution in [0.25, 0.3) is 0 Å². The summed E-state index contributed by atoms with van der Waals surface area (Å²) in [6.07, 6.45) is -0.947. The molecule has 0 aliphatic carbocycles. The third-order valence-corrected chi connectivity index (χ3v) is 6.80. The maximum Gasteiger partial charge on any atom is 0.333 e. The first-order valence-corrected chi connectivity index (χ1v) is 11.4. The summed E-state index contributed by atoms with van der Waals surface area (Å²) in [5.74, 6) is -0.274. The van der Waals surface area contributed by atoms with E-state index in [1.165, 1.54) is 0 Å². The predicted octanol–water partition coefficient (Wildman–Crippen LogP) is 4.22. The number of hydrogen-bond donors (Lipinski definition) is 0. The van der Waals surface area contributed by atoms with Crippen molar-refractivity contribution >= 4 is 13.4 Å². The summed E-state index contributed by atoms with van der Waals surface area (Å²) >= 11 is 0. The first-order chi connectivity index (χ1) is 12.9. The third-order valence-electron chi connectivity index (χ3n) is 4.72. The molecule has 0 spiro atoms. The van der Waals surface area contributed by atoms with E-state index in [0.717, 1.165) is 12.0 Å². The monoisotopic (exact) mass is 398 g/mol. The van der Waals surface area contributed by atoms with Gasteiger partial charge in [-0.05, 0) is 25.8 Å². The molecule has 1 aliphatic heterocycles. The van der Waals surface area contributed by atoms with Crippen LogP contribution in [0.3, 0.4) is 0 Å². The number of carbonyl (C=O) groups excluding carboxylic acids is 1. The van der Waals surface area contributed by atoms with E-state index in [-0.39, 0.29) is 37.2 Å². The minimum atomic E-state index is -3.39. The summed E-state index contributed by atoms with van der Waals surface area (Å²) in [5.41, 5.74) is 1.00. The van der Waals surface area contributed by atoms with Gasteiger partial charge < -0.3 is 18.5 Å². The van der Waals surface area contributed by atoms with Gasteiger partial charge in [0.1, 0.15) is 12.2 Å². The number of ketones is 1. The summed E-state index contributed by atoms with van der Waals surface area (Å²) in [7, 11) is -3.39. The lowest BCUT2D eigenvalue weighted by atomic mass is 9.88. The van der Waals surface area contributed by atoms with Gasteiger partial charge in [-0.3, -0.25) is 9.36 Å². The zero-order valence-corrected chi connectivity index (χ0v) is 17.5. The van der Waals surface area contributed by atoms with E-state index in [2.05, 4.69) is 0 Å². The van der Waals surface area contributed by atoms with Crippen LogP contribution in [0.2, 0.25) is 0 Å². The van der Waals surface area contributed by atoms with Gasteiger partial charge in [-0.15, -0.1) is 0 Å². The van der Waals surface area contributed by atoms with Gasteiger partial charge in [0, 0.05) is 5.92 Å². The molecule has 0 unspecified atom stereocenters. The van der Waals surface area contributed by atoms with Crippen molar-refractivity contribution < 1.29 is 27.9 Å². The Balaban J connectivity index is 2.13. The van der Waals surface area contributed by atoms with Crippen LogP contribution < -0.4 is 0 Å². The molecule has 7 heteroatoms. The second kappa shape index (κ2) is 10.5. The molecule has 1 aliphatic rings. The van der Waals surface area contributed by atoms with Gasteiger partial charge in [-0.2, -0.15) is 0 Å². The molecule has 6 nitrogen and oxygen atoms in total. The lowest BCUT2D eigenvalue weighted by Crippen LogP contribution is -2.52. The van der Waals surface area contributed by atoms with Gasteiger partial charge in [-0.1, -0.05) is 44.2 Å². The molecule has 0 aromatic heterocycles. The molecular weight excluding hydrogens is 367 g/mol. The fourth-order valence-corrected chi connectivity index (χ4v) is 5.12. The Morgan fingerprint density at radius 3 is 2.26 bits per heavy atom. The van der Waals surface area contributed by atoms with Crippen molar-refractivity contribution in [1.29, 1.82) is 0 Å². The van der Waals surface area contributed by atoms with Crippen LogP contribution in [0, 0.1) is 5.92 Å². The summed E-state index contributed by atoms with van der Waals surface area (Å²) in [5, 5.41) is 0. The van der Waals surface area contributed by atoms with E-state index in [4.69, 9.17) is 18.5 Å². The summed E-state index contributed by atoms with van der Waals surface area (Å²) < 4.78 is 35.5. The fourth-order valence-electron chi connectivity index (χ4n) is 3.37. The van der Waals surface area contributed by atoms with E-state index in [0.29, 0.717) is 6.61 Å². The minimum absolute atomic E-state index is 0.0814. The van der Waals surface area contributed by atoms with E-state index >= 15 is 0 Å². The largest absolute Gasteiger partial charge is 0.366 e. The van der Waals surface area contributed by atoms with Crippen molar-refractivity contribution in [3.05, 3.63) is 35.9 Å². The predicted molar refractivity (Wildman–Crippen MR) is 104 cm³/mol. The van der Waals surface area contributed by atoms with Gasteiger partial charge in [0.2, 0.25) is 0 Å². The van der Waals surface area contributed by atoms with Crippen molar-refractivity contribution in [2.24, 2.45) is 5.92 Å². The number of Topliss-reactive ketones (excluding diaryl/α,β-unsaturated/α-hetero) is 1. The molecule has 0 N–H and O–H groups in total. The molecule has 4 atom stereocenters. The Kier molecular flexibility index (Phi) is 8.64. The van der Waals surface area contributed by atoms with E-state index < -0.39 is 19.8 Å². The Labute approximate surface area is 162 Å². The van der Waals surface area contributed by atoms with Crippen LogP contribution in [0.1, 0.15) is 39.7 Å². The highest BCUT2D eigenvalue weighted by atomic mass is 31.2. The molecule has 2 rings (SSSR count). The zero-order chi connectivity index (χ0) is 19.9. The summed E-state index contributed by atoms with van der Waals surface area (Å²) in [6.45, 7) is 8.31. The second-order valence-electron chi connectivity index (χ2n) is 6.68. The highest BCUT2D eigenvalue weighted by Crippen LogP contribution is 2.50. The molecule has 0 amide bonds. The maximum absolute atomic E-state index is 13.0. The lowest BCUT2D eigenvalue weighted by Gasteiger charge is -2.39. The van der Waals surface area contributed by atoms with E-state index in [1.54, 1.807) is 13.8 Å². The van der Waals surface area contributed by atoms with Crippen molar-refractivity contribution in [2.75, 3.05) is 19.4 Å². The van der Waals surface area contributed by atoms with Crippen LogP contribution in [0.5, 0.6) is 0 Å². The highest BCUT2D eigenvalue weighted by molar-refractivity contribution is 7.53. The molecule has 152 valence electrons. The minimum Gasteiger partial charge on any atom is -0.366 e. The van der Waals surface area contributed by atoms with Gasteiger partial charge in [-0.25, -0.2) is 0 Å². The Bertz CT molecular complexity index is 625. The van der Waals surface area contributed by atoms with Crippen LogP contribution >= 0.6 is 7.60 Å². The Morgan fingerprint density at radius 1 is 1.07 bits per heavy atom. The number of ether oxygens (including phenoxy) is 2. The Hall–Kier alpha value is -1.04. The maximum atomic E-state index is 13.0. The molecule has 1 aromatic carbocycles. The van der Waals surface area contributed by atoms with Crippen LogP contribution in [0.4, 0.5) is 0 Å². The van der Waals surface area contributed by atoms with Gasteiger partial charge in [0.25, 0.3) is 0 Å². The van der Waals surface area contributed by atoms with Gasteiger partial charge >= 0.3 is 7.60 Å². The summed E-state index contributed by atoms with van der Waals surface area (Å²) in [4.78, 5) is 13.0. The zero-order valence-electron chi connectivity index (χ0n) is 16.6. The van der Waals surface area contributed by atoms with Crippen LogP contribution in [-0.2, 0) is 34.5 Å². The van der Waals surface area contributed by atoms with Crippen LogP contribution in [-0.4, -0.2) is 43.5 Å². The van der Waals surface area contributed by atoms with E-state index in [1.807, 2.05) is 44.2 Å². The standard InChI is InChI=1S/C20H31O6P/c1-5-17-15(4)20(23-13-16-11-9-8-10-12-16)19(21)18(26-17)14-27(22,24-6-2)25-7-3/h8-12,15,17-18,20H,5-7,13-14H2,1-4H3/t15-,17-,18-,20+/m1/s1. The smallest absolute Gasteiger partial charge is 0.333 e. The lowest BCUT2D eigenvalue weighted by molar-refractivity contribution is -0.173. The first-order valence-electron chi connectivity index (χ1n) is 9.66. The average Bonchev–Trinajstić information content (AvgIpc) is 2.65. The molecule has 1 saturated heterocycles. The topological polar surface area (TPSA) is 71.1 Å². The van der Waals surface area contributed by atoms with Crippen molar-refractivity contribution in [2.45, 2.75) is 59.0 Å². The second-order valence-corrected chi connectivity index (χ2v) is 8.78. The number of carbonyl (C=O) groups is 1. The average molecular weight is 398 g/mol. The molecule has 27 heavy (non-hydrogen) atoms. The fraction of sp³-hybridized carbons (Fsp3) is 0.650.